The Hall–Kier alpha value is -1.81. The normalized spacial score (nSPS) is 17.7. The zero-order chi connectivity index (χ0) is 14.7. The van der Waals surface area contributed by atoms with E-state index in [9.17, 15) is 4.79 Å². The van der Waals surface area contributed by atoms with E-state index in [1.54, 1.807) is 0 Å². The molecule has 4 nitrogen and oxygen atoms in total. The predicted octanol–water partition coefficient (Wildman–Crippen LogP) is 3.52. The zero-order valence-corrected chi connectivity index (χ0v) is 12.4. The van der Waals surface area contributed by atoms with E-state index in [1.165, 1.54) is 10.9 Å². The third kappa shape index (κ3) is 2.95. The number of carbonyl (C=O) groups is 1. The summed E-state index contributed by atoms with van der Waals surface area (Å²) in [7, 11) is 0. The predicted molar refractivity (Wildman–Crippen MR) is 81.2 cm³/mol. The molecule has 1 aliphatic heterocycles. The minimum Gasteiger partial charge on any atom is -0.466 e. The Bertz CT molecular complexity index is 632. The van der Waals surface area contributed by atoms with Gasteiger partial charge in [0.1, 0.15) is 6.10 Å². The second kappa shape index (κ2) is 6.31. The number of carbonyl (C=O) groups excluding carboxylic acids is 1. The summed E-state index contributed by atoms with van der Waals surface area (Å²) in [6.45, 7) is 3.23. The van der Waals surface area contributed by atoms with Crippen LogP contribution in [-0.4, -0.2) is 24.2 Å². The molecule has 2 aromatic rings. The maximum Gasteiger partial charge on any atom is 0.308 e. The van der Waals surface area contributed by atoms with Crippen molar-refractivity contribution in [3.8, 4) is 0 Å². The van der Waals surface area contributed by atoms with Crippen molar-refractivity contribution in [2.24, 2.45) is 0 Å². The molecule has 0 bridgehead atoms. The molecule has 0 amide bonds. The van der Waals surface area contributed by atoms with Crippen LogP contribution in [0.2, 0.25) is 0 Å². The molecule has 0 fully saturated rings. The number of rotatable bonds is 5. The van der Waals surface area contributed by atoms with Gasteiger partial charge >= 0.3 is 5.97 Å². The molecule has 1 N–H and O–H groups in total. The molecule has 4 heteroatoms. The number of aromatic amines is 1. The van der Waals surface area contributed by atoms with Crippen LogP contribution in [0.1, 0.15) is 43.5 Å². The zero-order valence-electron chi connectivity index (χ0n) is 12.4. The summed E-state index contributed by atoms with van der Waals surface area (Å²) in [4.78, 5) is 15.3. The molecule has 0 saturated heterocycles. The Morgan fingerprint density at radius 1 is 1.43 bits per heavy atom. The van der Waals surface area contributed by atoms with E-state index in [0.29, 0.717) is 13.2 Å². The second-order valence-electron chi connectivity index (χ2n) is 5.45. The van der Waals surface area contributed by atoms with Crippen LogP contribution in [-0.2, 0) is 20.7 Å². The number of aromatic nitrogens is 1. The van der Waals surface area contributed by atoms with Gasteiger partial charge in [0.05, 0.1) is 19.6 Å². The summed E-state index contributed by atoms with van der Waals surface area (Å²) in [5.41, 5.74) is 3.43. The first-order valence-electron chi connectivity index (χ1n) is 7.66. The minimum absolute atomic E-state index is 0.181. The number of fused-ring (bicyclic) bond motifs is 3. The largest absolute Gasteiger partial charge is 0.466 e. The third-order valence-corrected chi connectivity index (χ3v) is 3.95. The van der Waals surface area contributed by atoms with Gasteiger partial charge in [-0.25, -0.2) is 0 Å². The Balaban J connectivity index is 1.76. The van der Waals surface area contributed by atoms with Crippen LogP contribution in [0.4, 0.5) is 0 Å². The maximum atomic E-state index is 11.9. The number of hydrogen-bond donors (Lipinski definition) is 1. The third-order valence-electron chi connectivity index (χ3n) is 3.95. The van der Waals surface area contributed by atoms with Crippen molar-refractivity contribution in [1.82, 2.24) is 4.98 Å². The summed E-state index contributed by atoms with van der Waals surface area (Å²) >= 11 is 0. The summed E-state index contributed by atoms with van der Waals surface area (Å²) in [6, 6.07) is 8.23. The molecule has 1 atom stereocenters. The number of H-pyrrole nitrogens is 1. The molecule has 112 valence electrons. The van der Waals surface area contributed by atoms with Gasteiger partial charge in [0.15, 0.2) is 0 Å². The topological polar surface area (TPSA) is 51.3 Å². The first kappa shape index (κ1) is 14.1. The highest BCUT2D eigenvalue weighted by Gasteiger charge is 2.27. The molecule has 21 heavy (non-hydrogen) atoms. The van der Waals surface area contributed by atoms with E-state index in [4.69, 9.17) is 9.47 Å². The molecule has 0 aliphatic carbocycles. The number of unbranched alkanes of at least 4 members (excludes halogenated alkanes) is 1. The average molecular weight is 287 g/mol. The molecular formula is C17H21NO3. The summed E-state index contributed by atoms with van der Waals surface area (Å²) < 4.78 is 11.0. The van der Waals surface area contributed by atoms with Crippen LogP contribution < -0.4 is 0 Å². The van der Waals surface area contributed by atoms with Gasteiger partial charge in [0, 0.05) is 16.6 Å². The van der Waals surface area contributed by atoms with Crippen LogP contribution in [0.15, 0.2) is 24.3 Å². The fourth-order valence-electron chi connectivity index (χ4n) is 2.85. The number of esters is 1. The molecule has 2 heterocycles. The van der Waals surface area contributed by atoms with Gasteiger partial charge < -0.3 is 14.5 Å². The van der Waals surface area contributed by atoms with Crippen molar-refractivity contribution < 1.29 is 14.3 Å². The standard InChI is InChI=1S/C17H21NO3/c1-2-3-9-21-16(19)11-15-17-13(8-10-20-15)12-6-4-5-7-14(12)18-17/h4-7,15,18H,2-3,8-11H2,1H3. The number of nitrogens with one attached hydrogen (secondary N) is 1. The molecular weight excluding hydrogens is 266 g/mol. The van der Waals surface area contributed by atoms with Crippen LogP contribution in [0.25, 0.3) is 10.9 Å². The number of benzene rings is 1. The van der Waals surface area contributed by atoms with Gasteiger partial charge in [-0.1, -0.05) is 31.5 Å². The number of para-hydroxylation sites is 1. The molecule has 0 spiro atoms. The maximum absolute atomic E-state index is 11.9. The van der Waals surface area contributed by atoms with Crippen LogP contribution >= 0.6 is 0 Å². The van der Waals surface area contributed by atoms with Gasteiger partial charge in [0.2, 0.25) is 0 Å². The van der Waals surface area contributed by atoms with Crippen LogP contribution in [0.5, 0.6) is 0 Å². The molecule has 1 aromatic carbocycles. The fraction of sp³-hybridized carbons (Fsp3) is 0.471. The van der Waals surface area contributed by atoms with Crippen molar-refractivity contribution in [2.45, 2.75) is 38.7 Å². The van der Waals surface area contributed by atoms with E-state index in [1.807, 2.05) is 12.1 Å². The first-order chi connectivity index (χ1) is 10.3. The van der Waals surface area contributed by atoms with E-state index >= 15 is 0 Å². The summed E-state index contributed by atoms with van der Waals surface area (Å²) in [5.74, 6) is -0.181. The fourth-order valence-corrected chi connectivity index (χ4v) is 2.85. The lowest BCUT2D eigenvalue weighted by molar-refractivity contribution is -0.147. The lowest BCUT2D eigenvalue weighted by Gasteiger charge is -2.22. The van der Waals surface area contributed by atoms with Crippen molar-refractivity contribution in [3.63, 3.8) is 0 Å². The highest BCUT2D eigenvalue weighted by molar-refractivity contribution is 5.85. The summed E-state index contributed by atoms with van der Waals surface area (Å²) in [6.07, 6.45) is 2.90. The minimum atomic E-state index is -0.213. The van der Waals surface area contributed by atoms with Crippen molar-refractivity contribution in [1.29, 1.82) is 0 Å². The van der Waals surface area contributed by atoms with E-state index in [-0.39, 0.29) is 18.5 Å². The van der Waals surface area contributed by atoms with Crippen molar-refractivity contribution in [2.75, 3.05) is 13.2 Å². The molecule has 1 aromatic heterocycles. The molecule has 0 saturated carbocycles. The Kier molecular flexibility index (Phi) is 4.25. The summed E-state index contributed by atoms with van der Waals surface area (Å²) in [5, 5.41) is 1.24. The lowest BCUT2D eigenvalue weighted by atomic mass is 10.0. The highest BCUT2D eigenvalue weighted by atomic mass is 16.5. The van der Waals surface area contributed by atoms with E-state index < -0.39 is 0 Å². The first-order valence-corrected chi connectivity index (χ1v) is 7.66. The van der Waals surface area contributed by atoms with Gasteiger partial charge in [0.25, 0.3) is 0 Å². The lowest BCUT2D eigenvalue weighted by Crippen LogP contribution is -2.20. The quantitative estimate of drug-likeness (QED) is 0.676. The number of ether oxygens (including phenoxy) is 2. The van der Waals surface area contributed by atoms with Gasteiger partial charge in [-0.05, 0) is 24.5 Å². The van der Waals surface area contributed by atoms with E-state index in [2.05, 4.69) is 24.0 Å². The smallest absolute Gasteiger partial charge is 0.308 e. The molecule has 1 unspecified atom stereocenters. The van der Waals surface area contributed by atoms with Crippen molar-refractivity contribution >= 4 is 16.9 Å². The van der Waals surface area contributed by atoms with E-state index in [0.717, 1.165) is 30.5 Å². The molecule has 3 rings (SSSR count). The Morgan fingerprint density at radius 2 is 2.29 bits per heavy atom. The monoisotopic (exact) mass is 287 g/mol. The van der Waals surface area contributed by atoms with Gasteiger partial charge in [-0.2, -0.15) is 0 Å². The SMILES string of the molecule is CCCCOC(=O)CC1OCCc2c1[nH]c1ccccc21. The molecule has 1 aliphatic rings. The Morgan fingerprint density at radius 3 is 3.14 bits per heavy atom. The van der Waals surface area contributed by atoms with Crippen LogP contribution in [0.3, 0.4) is 0 Å². The Labute approximate surface area is 124 Å². The highest BCUT2D eigenvalue weighted by Crippen LogP contribution is 2.34. The molecule has 0 radical (unpaired) electrons. The van der Waals surface area contributed by atoms with Crippen LogP contribution in [0, 0.1) is 0 Å². The number of hydrogen-bond acceptors (Lipinski definition) is 3. The van der Waals surface area contributed by atoms with Crippen molar-refractivity contribution in [3.05, 3.63) is 35.5 Å². The van der Waals surface area contributed by atoms with Gasteiger partial charge in [-0.3, -0.25) is 4.79 Å². The second-order valence-corrected chi connectivity index (χ2v) is 5.45. The average Bonchev–Trinajstić information content (AvgIpc) is 2.87. The van der Waals surface area contributed by atoms with Gasteiger partial charge in [-0.15, -0.1) is 0 Å².